The molecular weight excluding hydrogens is 628 g/mol. The molecule has 0 heterocycles. The van der Waals surface area contributed by atoms with Crippen LogP contribution in [0.15, 0.2) is 20.8 Å². The van der Waals surface area contributed by atoms with E-state index in [0.29, 0.717) is 26.9 Å². The van der Waals surface area contributed by atoms with Gasteiger partial charge in [0.15, 0.2) is 0 Å². The third-order valence-electron chi connectivity index (χ3n) is 4.13. The summed E-state index contributed by atoms with van der Waals surface area (Å²) in [6, 6.07) is 1.68. The SMILES string of the molecule is CC(C)(C)c1c(NCCN=O)c(=O)c1=S.CCCNCCC.CCNc1cc(=S)c1=O.[CH3-].[W]. The van der Waals surface area contributed by atoms with Gasteiger partial charge < -0.3 is 23.4 Å². The van der Waals surface area contributed by atoms with Crippen molar-refractivity contribution in [2.45, 2.75) is 59.8 Å². The molecule has 0 unspecified atom stereocenters. The Kier molecular flexibility index (Phi) is 21.2. The van der Waals surface area contributed by atoms with Gasteiger partial charge in [0.2, 0.25) is 10.9 Å². The van der Waals surface area contributed by atoms with E-state index in [4.69, 9.17) is 12.2 Å². The van der Waals surface area contributed by atoms with Gasteiger partial charge in [-0.3, -0.25) is 9.59 Å². The van der Waals surface area contributed by atoms with Gasteiger partial charge in [-0.05, 0) is 44.3 Å². The van der Waals surface area contributed by atoms with E-state index < -0.39 is 0 Å². The first kappa shape index (κ1) is 36.4. The normalized spacial score (nSPS) is 10.0. The van der Waals surface area contributed by atoms with E-state index in [0.717, 1.165) is 12.1 Å². The molecule has 0 spiro atoms. The van der Waals surface area contributed by atoms with Crippen molar-refractivity contribution in [1.82, 2.24) is 5.32 Å². The van der Waals surface area contributed by atoms with Crippen molar-refractivity contribution in [2.75, 3.05) is 43.4 Å². The molecule has 2 aromatic carbocycles. The number of nitrogens with zero attached hydrogens (tertiary/aromatic N) is 1. The zero-order chi connectivity index (χ0) is 24.0. The van der Waals surface area contributed by atoms with E-state index in [1.165, 1.54) is 25.9 Å². The van der Waals surface area contributed by atoms with E-state index in [1.807, 2.05) is 27.7 Å². The zero-order valence-corrected chi connectivity index (χ0v) is 25.5. The van der Waals surface area contributed by atoms with Crippen LogP contribution in [0.4, 0.5) is 11.4 Å². The van der Waals surface area contributed by atoms with Crippen molar-refractivity contribution in [3.63, 3.8) is 0 Å². The average molecular weight is 668 g/mol. The number of hydrogen-bond donors (Lipinski definition) is 3. The van der Waals surface area contributed by atoms with Gasteiger partial charge in [-0.15, -0.1) is 0 Å². The van der Waals surface area contributed by atoms with Crippen LogP contribution in [-0.4, -0.2) is 32.7 Å². The number of rotatable bonds is 10. The van der Waals surface area contributed by atoms with E-state index in [1.54, 1.807) is 6.07 Å². The van der Waals surface area contributed by atoms with Crippen LogP contribution in [0.3, 0.4) is 0 Å². The molecule has 0 bridgehead atoms. The summed E-state index contributed by atoms with van der Waals surface area (Å²) in [6.45, 7) is 16.0. The Labute approximate surface area is 223 Å². The van der Waals surface area contributed by atoms with E-state index in [9.17, 15) is 14.5 Å². The van der Waals surface area contributed by atoms with Crippen LogP contribution >= 0.6 is 24.4 Å². The summed E-state index contributed by atoms with van der Waals surface area (Å²) in [4.78, 5) is 32.0. The van der Waals surface area contributed by atoms with E-state index >= 15 is 0 Å². The van der Waals surface area contributed by atoms with Gasteiger partial charge in [0.1, 0.15) is 0 Å². The third-order valence-corrected chi connectivity index (χ3v) is 4.82. The number of hydrogen-bond acceptors (Lipinski definition) is 9. The summed E-state index contributed by atoms with van der Waals surface area (Å²) in [5.41, 5.74) is 1.81. The minimum absolute atomic E-state index is 0. The fraction of sp³-hybridized carbons (Fsp3) is 0.609. The molecule has 0 radical (unpaired) electrons. The molecule has 0 aliphatic heterocycles. The Balaban J connectivity index is -0.000000432. The fourth-order valence-electron chi connectivity index (χ4n) is 2.62. The van der Waals surface area contributed by atoms with E-state index in [-0.39, 0.29) is 51.3 Å². The van der Waals surface area contributed by atoms with Crippen LogP contribution in [0.2, 0.25) is 0 Å². The second-order valence-electron chi connectivity index (χ2n) is 7.97. The first-order chi connectivity index (χ1) is 14.6. The quantitative estimate of drug-likeness (QED) is 0.140. The number of nitrogens with one attached hydrogen (secondary N) is 3. The summed E-state index contributed by atoms with van der Waals surface area (Å²) in [5, 5.41) is 11.8. The Hall–Kier alpha value is -1.15. The Morgan fingerprint density at radius 1 is 0.939 bits per heavy atom. The average Bonchev–Trinajstić information content (AvgIpc) is 2.73. The predicted molar refractivity (Wildman–Crippen MR) is 144 cm³/mol. The third kappa shape index (κ3) is 12.8. The second kappa shape index (κ2) is 19.2. The zero-order valence-electron chi connectivity index (χ0n) is 20.9. The maximum absolute atomic E-state index is 11.4. The molecule has 0 saturated heterocycles. The molecule has 10 heteroatoms. The summed E-state index contributed by atoms with van der Waals surface area (Å²) < 4.78 is 0.843. The molecule has 2 aromatic rings. The molecular formula is C23H39N4O3S2W-. The van der Waals surface area contributed by atoms with Crippen LogP contribution in [0.25, 0.3) is 0 Å². The molecule has 188 valence electrons. The number of anilines is 2. The van der Waals surface area contributed by atoms with Crippen molar-refractivity contribution in [3.05, 3.63) is 53.4 Å². The molecule has 2 rings (SSSR count). The largest absolute Gasteiger partial charge is 0.382 e. The van der Waals surface area contributed by atoms with Gasteiger partial charge in [0.25, 0.3) is 0 Å². The standard InChI is InChI=1S/C10H14N2O2S.C6H7NOS.C6H15N.CH3.W/c1-10(2,3)6-7(8(13)9(6)15)11-4-5-12-14;1-2-7-4-3-5(9)6(4)8;1-3-5-7-6-4-2;;/h11H,4-5H2,1-3H3;3,7H,2H2,1H3;7H,3-6H2,1-2H3;1H3;/q;;;-1;. The van der Waals surface area contributed by atoms with Crippen molar-refractivity contribution >= 4 is 35.8 Å². The van der Waals surface area contributed by atoms with Crippen molar-refractivity contribution < 1.29 is 21.1 Å². The molecule has 3 N–H and O–H groups in total. The van der Waals surface area contributed by atoms with Gasteiger partial charge in [0, 0.05) is 39.7 Å². The van der Waals surface area contributed by atoms with Gasteiger partial charge >= 0.3 is 0 Å². The molecule has 0 saturated carbocycles. The van der Waals surface area contributed by atoms with Crippen LogP contribution in [0.1, 0.15) is 59.9 Å². The first-order valence-corrected chi connectivity index (χ1v) is 11.5. The molecule has 0 atom stereocenters. The van der Waals surface area contributed by atoms with E-state index in [2.05, 4.69) is 47.2 Å². The summed E-state index contributed by atoms with van der Waals surface area (Å²) in [5.74, 6) is 0. The molecule has 0 fully saturated rings. The van der Waals surface area contributed by atoms with Gasteiger partial charge in [0.05, 0.1) is 26.9 Å². The molecule has 0 amide bonds. The molecule has 0 aliphatic carbocycles. The minimum Gasteiger partial charge on any atom is -0.382 e. The molecule has 0 aromatic heterocycles. The monoisotopic (exact) mass is 667 g/mol. The van der Waals surface area contributed by atoms with Crippen molar-refractivity contribution in [1.29, 1.82) is 0 Å². The van der Waals surface area contributed by atoms with Crippen molar-refractivity contribution in [3.8, 4) is 0 Å². The van der Waals surface area contributed by atoms with Crippen LogP contribution in [0, 0.1) is 21.4 Å². The van der Waals surface area contributed by atoms with Crippen LogP contribution in [-0.2, 0) is 26.5 Å². The van der Waals surface area contributed by atoms with Crippen LogP contribution in [0.5, 0.6) is 0 Å². The maximum atomic E-state index is 11.4. The fourth-order valence-corrected chi connectivity index (χ4v) is 3.36. The summed E-state index contributed by atoms with van der Waals surface area (Å²) >= 11 is 9.63. The number of nitroso groups, excluding NO2 is 1. The maximum Gasteiger partial charge on any atom is 0.220 e. The van der Waals surface area contributed by atoms with Crippen LogP contribution < -0.4 is 26.8 Å². The Morgan fingerprint density at radius 2 is 1.48 bits per heavy atom. The topological polar surface area (TPSA) is 99.7 Å². The summed E-state index contributed by atoms with van der Waals surface area (Å²) in [7, 11) is 0. The van der Waals surface area contributed by atoms with Gasteiger partial charge in [-0.25, -0.2) is 0 Å². The summed E-state index contributed by atoms with van der Waals surface area (Å²) in [6.07, 6.45) is 2.50. The van der Waals surface area contributed by atoms with Gasteiger partial charge in [-0.1, -0.05) is 64.2 Å². The molecule has 33 heavy (non-hydrogen) atoms. The minimum atomic E-state index is -0.137. The molecule has 0 aliphatic rings. The van der Waals surface area contributed by atoms with Crippen molar-refractivity contribution in [2.24, 2.45) is 5.18 Å². The van der Waals surface area contributed by atoms with Gasteiger partial charge in [-0.2, -0.15) is 4.91 Å². The second-order valence-corrected chi connectivity index (χ2v) is 8.82. The predicted octanol–water partition coefficient (Wildman–Crippen LogP) is 5.06. The Morgan fingerprint density at radius 3 is 1.85 bits per heavy atom. The Bertz CT molecular complexity index is 937. The molecule has 7 nitrogen and oxygen atoms in total. The smallest absolute Gasteiger partial charge is 0.220 e. The first-order valence-electron chi connectivity index (χ1n) is 10.7.